The number of hydrogen-bond donors (Lipinski definition) is 1. The lowest BCUT2D eigenvalue weighted by Gasteiger charge is -2.11. The molecule has 29 heavy (non-hydrogen) atoms. The van der Waals surface area contributed by atoms with Gasteiger partial charge in [-0.25, -0.2) is 4.79 Å². The number of halogens is 2. The van der Waals surface area contributed by atoms with E-state index in [9.17, 15) is 14.4 Å². The molecule has 0 aliphatic carbocycles. The fourth-order valence-corrected chi connectivity index (χ4v) is 3.08. The molecule has 0 aliphatic rings. The number of hydrogen-bond acceptors (Lipinski definition) is 4. The standard InChI is InChI=1S/C22H15ClINO4/c23-16-8-11-19(18(12-16)21(27)14-4-2-1-3-5-14)25-20(26)13-29-22(28)15-6-9-17(24)10-7-15/h1-12H,13H2,(H,25,26). The Bertz CT molecular complexity index is 1050. The second kappa shape index (κ2) is 9.67. The summed E-state index contributed by atoms with van der Waals surface area (Å²) in [6, 6.07) is 20.0. The van der Waals surface area contributed by atoms with E-state index < -0.39 is 18.5 Å². The van der Waals surface area contributed by atoms with Gasteiger partial charge in [-0.3, -0.25) is 9.59 Å². The van der Waals surface area contributed by atoms with E-state index in [0.29, 0.717) is 21.8 Å². The van der Waals surface area contributed by atoms with Crippen molar-refractivity contribution in [1.82, 2.24) is 0 Å². The molecule has 0 bridgehead atoms. The van der Waals surface area contributed by atoms with Crippen LogP contribution in [0.15, 0.2) is 72.8 Å². The topological polar surface area (TPSA) is 72.5 Å². The normalized spacial score (nSPS) is 10.3. The average Bonchev–Trinajstić information content (AvgIpc) is 2.74. The minimum absolute atomic E-state index is 0.251. The second-order valence-electron chi connectivity index (χ2n) is 6.02. The van der Waals surface area contributed by atoms with Crippen LogP contribution < -0.4 is 5.32 Å². The van der Waals surface area contributed by atoms with Crippen molar-refractivity contribution in [2.24, 2.45) is 0 Å². The number of carbonyl (C=O) groups excluding carboxylic acids is 3. The second-order valence-corrected chi connectivity index (χ2v) is 7.70. The highest BCUT2D eigenvalue weighted by Crippen LogP contribution is 2.23. The predicted octanol–water partition coefficient (Wildman–Crippen LogP) is 4.97. The van der Waals surface area contributed by atoms with Crippen LogP contribution in [0.1, 0.15) is 26.3 Å². The lowest BCUT2D eigenvalue weighted by atomic mass is 10.0. The first-order chi connectivity index (χ1) is 13.9. The first-order valence-electron chi connectivity index (χ1n) is 8.56. The highest BCUT2D eigenvalue weighted by atomic mass is 127. The van der Waals surface area contributed by atoms with Crippen LogP contribution in [0.5, 0.6) is 0 Å². The van der Waals surface area contributed by atoms with Crippen molar-refractivity contribution in [2.45, 2.75) is 0 Å². The predicted molar refractivity (Wildman–Crippen MR) is 119 cm³/mol. The van der Waals surface area contributed by atoms with E-state index in [-0.39, 0.29) is 11.3 Å². The number of anilines is 1. The molecule has 0 saturated heterocycles. The molecule has 0 radical (unpaired) electrons. The molecule has 0 atom stereocenters. The van der Waals surface area contributed by atoms with Crippen LogP contribution in [0.4, 0.5) is 5.69 Å². The Morgan fingerprint density at radius 1 is 0.897 bits per heavy atom. The maximum Gasteiger partial charge on any atom is 0.338 e. The third-order valence-corrected chi connectivity index (χ3v) is 4.90. The van der Waals surface area contributed by atoms with Gasteiger partial charge in [-0.2, -0.15) is 0 Å². The highest BCUT2D eigenvalue weighted by Gasteiger charge is 2.17. The van der Waals surface area contributed by atoms with E-state index in [0.717, 1.165) is 3.57 Å². The summed E-state index contributed by atoms with van der Waals surface area (Å²) in [4.78, 5) is 37.1. The molecule has 0 unspecified atom stereocenters. The van der Waals surface area contributed by atoms with E-state index in [1.165, 1.54) is 12.1 Å². The van der Waals surface area contributed by atoms with E-state index in [4.69, 9.17) is 16.3 Å². The molecular formula is C22H15ClINO4. The quantitative estimate of drug-likeness (QED) is 0.284. The molecule has 0 spiro atoms. The lowest BCUT2D eigenvalue weighted by molar-refractivity contribution is -0.119. The summed E-state index contributed by atoms with van der Waals surface area (Å²) >= 11 is 8.16. The number of amides is 1. The van der Waals surface area contributed by atoms with E-state index >= 15 is 0 Å². The Hall–Kier alpha value is -2.71. The van der Waals surface area contributed by atoms with Crippen LogP contribution in [0.2, 0.25) is 5.02 Å². The van der Waals surface area contributed by atoms with Gasteiger partial charge in [0, 0.05) is 19.7 Å². The van der Waals surface area contributed by atoms with Crippen LogP contribution in [0.25, 0.3) is 0 Å². The van der Waals surface area contributed by atoms with Crippen molar-refractivity contribution in [1.29, 1.82) is 0 Å². The molecule has 0 aliphatic heterocycles. The van der Waals surface area contributed by atoms with E-state index in [1.54, 1.807) is 60.7 Å². The number of rotatable bonds is 6. The number of esters is 1. The Morgan fingerprint density at radius 3 is 2.28 bits per heavy atom. The van der Waals surface area contributed by atoms with Gasteiger partial charge in [0.25, 0.3) is 5.91 Å². The molecule has 146 valence electrons. The Morgan fingerprint density at radius 2 is 1.59 bits per heavy atom. The van der Waals surface area contributed by atoms with Gasteiger partial charge < -0.3 is 10.1 Å². The molecule has 0 aromatic heterocycles. The van der Waals surface area contributed by atoms with Crippen LogP contribution in [0.3, 0.4) is 0 Å². The highest BCUT2D eigenvalue weighted by molar-refractivity contribution is 14.1. The summed E-state index contributed by atoms with van der Waals surface area (Å²) in [5.74, 6) is -1.44. The average molecular weight is 520 g/mol. The number of benzene rings is 3. The first-order valence-corrected chi connectivity index (χ1v) is 10.0. The van der Waals surface area contributed by atoms with Crippen LogP contribution in [-0.2, 0) is 9.53 Å². The van der Waals surface area contributed by atoms with Gasteiger partial charge in [-0.15, -0.1) is 0 Å². The summed E-state index contributed by atoms with van der Waals surface area (Å²) in [6.45, 7) is -0.480. The van der Waals surface area contributed by atoms with Gasteiger partial charge in [0.15, 0.2) is 12.4 Å². The zero-order valence-corrected chi connectivity index (χ0v) is 17.9. The summed E-state index contributed by atoms with van der Waals surface area (Å²) < 4.78 is 6.03. The smallest absolute Gasteiger partial charge is 0.338 e. The van der Waals surface area contributed by atoms with Gasteiger partial charge >= 0.3 is 5.97 Å². The largest absolute Gasteiger partial charge is 0.452 e. The van der Waals surface area contributed by atoms with Crippen molar-refractivity contribution in [3.05, 3.63) is 98.1 Å². The summed E-state index contributed by atoms with van der Waals surface area (Å²) in [5, 5.41) is 2.98. The molecule has 1 N–H and O–H groups in total. The maximum absolute atomic E-state index is 12.8. The molecule has 3 rings (SSSR count). The fraction of sp³-hybridized carbons (Fsp3) is 0.0455. The third-order valence-electron chi connectivity index (χ3n) is 3.95. The minimum Gasteiger partial charge on any atom is -0.452 e. The van der Waals surface area contributed by atoms with Gasteiger partial charge in [0.2, 0.25) is 0 Å². The lowest BCUT2D eigenvalue weighted by Crippen LogP contribution is -2.22. The van der Waals surface area contributed by atoms with Gasteiger partial charge in [-0.1, -0.05) is 41.9 Å². The Balaban J connectivity index is 1.69. The SMILES string of the molecule is O=C(COC(=O)c1ccc(I)cc1)Nc1ccc(Cl)cc1C(=O)c1ccccc1. The summed E-state index contributed by atoms with van der Waals surface area (Å²) in [6.07, 6.45) is 0. The van der Waals surface area contributed by atoms with Gasteiger partial charge in [0.05, 0.1) is 11.3 Å². The van der Waals surface area contributed by atoms with Crippen LogP contribution in [0, 0.1) is 3.57 Å². The molecule has 3 aromatic rings. The Kier molecular flexibility index (Phi) is 7.00. The molecular weight excluding hydrogens is 505 g/mol. The van der Waals surface area contributed by atoms with Crippen molar-refractivity contribution >= 4 is 57.5 Å². The van der Waals surface area contributed by atoms with Crippen LogP contribution >= 0.6 is 34.2 Å². The summed E-state index contributed by atoms with van der Waals surface area (Å²) in [7, 11) is 0. The van der Waals surface area contributed by atoms with Crippen molar-refractivity contribution in [3.8, 4) is 0 Å². The van der Waals surface area contributed by atoms with Crippen molar-refractivity contribution in [2.75, 3.05) is 11.9 Å². The number of carbonyl (C=O) groups is 3. The number of ether oxygens (including phenoxy) is 1. The molecule has 7 heteroatoms. The van der Waals surface area contributed by atoms with E-state index in [1.807, 2.05) is 0 Å². The zero-order chi connectivity index (χ0) is 20.8. The van der Waals surface area contributed by atoms with Crippen molar-refractivity contribution < 1.29 is 19.1 Å². The van der Waals surface area contributed by atoms with Gasteiger partial charge in [-0.05, 0) is 65.1 Å². The number of nitrogens with one attached hydrogen (secondary N) is 1. The molecule has 5 nitrogen and oxygen atoms in total. The van der Waals surface area contributed by atoms with Crippen molar-refractivity contribution in [3.63, 3.8) is 0 Å². The third kappa shape index (κ3) is 5.65. The van der Waals surface area contributed by atoms with Crippen LogP contribution in [-0.4, -0.2) is 24.3 Å². The molecule has 0 heterocycles. The molecule has 3 aromatic carbocycles. The fourth-order valence-electron chi connectivity index (χ4n) is 2.55. The molecule has 0 saturated carbocycles. The molecule has 1 amide bonds. The summed E-state index contributed by atoms with van der Waals surface area (Å²) in [5.41, 5.74) is 1.36. The monoisotopic (exact) mass is 519 g/mol. The Labute approximate surface area is 186 Å². The zero-order valence-electron chi connectivity index (χ0n) is 15.0. The minimum atomic E-state index is -0.603. The number of ketones is 1. The van der Waals surface area contributed by atoms with Gasteiger partial charge in [0.1, 0.15) is 0 Å². The van der Waals surface area contributed by atoms with E-state index in [2.05, 4.69) is 27.9 Å². The molecule has 0 fully saturated rings. The maximum atomic E-state index is 12.8. The first kappa shape index (κ1) is 21.0.